The van der Waals surface area contributed by atoms with Crippen LogP contribution in [0.1, 0.15) is 19.8 Å². The van der Waals surface area contributed by atoms with E-state index in [0.717, 1.165) is 6.07 Å². The number of fused-ring (bicyclic) bond motifs is 1. The summed E-state index contributed by atoms with van der Waals surface area (Å²) in [6.45, 7) is 2.87. The van der Waals surface area contributed by atoms with Crippen molar-refractivity contribution in [2.45, 2.75) is 29.4 Å². The maximum absolute atomic E-state index is 14.4. The lowest BCUT2D eigenvalue weighted by Crippen LogP contribution is -2.45. The van der Waals surface area contributed by atoms with Crippen LogP contribution in [0.15, 0.2) is 29.4 Å². The largest absolute Gasteiger partial charge is 0.495 e. The third kappa shape index (κ3) is 3.08. The van der Waals surface area contributed by atoms with Crippen molar-refractivity contribution in [1.82, 2.24) is 19.7 Å². The first-order valence-corrected chi connectivity index (χ1v) is 10.8. The van der Waals surface area contributed by atoms with Crippen molar-refractivity contribution in [1.29, 1.82) is 0 Å². The molecule has 1 fully saturated rings. The van der Waals surface area contributed by atoms with Gasteiger partial charge >= 0.3 is 0 Å². The van der Waals surface area contributed by atoms with Crippen LogP contribution >= 0.6 is 0 Å². The number of pyridine rings is 2. The highest BCUT2D eigenvalue weighted by Crippen LogP contribution is 2.38. The fourth-order valence-corrected chi connectivity index (χ4v) is 5.62. The molecule has 1 aliphatic heterocycles. The van der Waals surface area contributed by atoms with Crippen molar-refractivity contribution in [3.8, 4) is 17.0 Å². The van der Waals surface area contributed by atoms with E-state index in [-0.39, 0.29) is 21.9 Å². The summed E-state index contributed by atoms with van der Waals surface area (Å²) in [5, 5.41) is 3.16. The number of nitrogen functional groups attached to an aromatic ring is 1. The van der Waals surface area contributed by atoms with Gasteiger partial charge in [0.15, 0.2) is 21.5 Å². The molecule has 0 radical (unpaired) electrons. The highest BCUT2D eigenvalue weighted by molar-refractivity contribution is 7.93. The number of anilines is 1. The van der Waals surface area contributed by atoms with Crippen LogP contribution in [-0.2, 0) is 9.84 Å². The highest BCUT2D eigenvalue weighted by Gasteiger charge is 2.43. The standard InChI is InChI=1S/C19H21F2N5O3S/c1-19(3-5-23-6-4-19)30(27,28)15-10-26-13(9-24-16(26)8-14(15)29-2)11-7-12(20)18(22)25-17(11)21/h7-10,23H,3-6H2,1-2H3,(H2,22,25). The normalized spacial score (nSPS) is 16.7. The maximum Gasteiger partial charge on any atom is 0.224 e. The number of rotatable bonds is 4. The summed E-state index contributed by atoms with van der Waals surface area (Å²) in [7, 11) is -2.44. The quantitative estimate of drug-likeness (QED) is 0.602. The molecule has 0 spiro atoms. The second-order valence-corrected chi connectivity index (χ2v) is 9.91. The number of imidazole rings is 1. The number of hydrogen-bond acceptors (Lipinski definition) is 7. The average Bonchev–Trinajstić information content (AvgIpc) is 3.13. The molecule has 0 amide bonds. The lowest BCUT2D eigenvalue weighted by molar-refractivity contribution is 0.390. The number of aromatic nitrogens is 3. The van der Waals surface area contributed by atoms with Gasteiger partial charge in [-0.25, -0.2) is 17.8 Å². The molecule has 160 valence electrons. The number of sulfone groups is 1. The van der Waals surface area contributed by atoms with Crippen LogP contribution in [-0.4, -0.2) is 47.7 Å². The van der Waals surface area contributed by atoms with Gasteiger partial charge in [-0.3, -0.25) is 4.40 Å². The number of halogens is 2. The van der Waals surface area contributed by atoms with Crippen LogP contribution in [0.4, 0.5) is 14.6 Å². The molecule has 4 rings (SSSR count). The van der Waals surface area contributed by atoms with Crippen molar-refractivity contribution in [2.24, 2.45) is 0 Å². The van der Waals surface area contributed by atoms with Gasteiger partial charge in [-0.05, 0) is 38.9 Å². The first-order chi connectivity index (χ1) is 14.2. The number of methoxy groups -OCH3 is 1. The van der Waals surface area contributed by atoms with Gasteiger partial charge in [0.1, 0.15) is 16.3 Å². The highest BCUT2D eigenvalue weighted by atomic mass is 32.2. The topological polar surface area (TPSA) is 112 Å². The predicted molar refractivity (Wildman–Crippen MR) is 107 cm³/mol. The van der Waals surface area contributed by atoms with Gasteiger partial charge in [0.25, 0.3) is 0 Å². The molecule has 11 heteroatoms. The van der Waals surface area contributed by atoms with E-state index >= 15 is 0 Å². The Labute approximate surface area is 172 Å². The van der Waals surface area contributed by atoms with Crippen molar-refractivity contribution in [3.63, 3.8) is 0 Å². The fourth-order valence-electron chi connectivity index (χ4n) is 3.70. The van der Waals surface area contributed by atoms with Gasteiger partial charge in [-0.15, -0.1) is 0 Å². The average molecular weight is 437 g/mol. The molecule has 1 aliphatic rings. The molecule has 8 nitrogen and oxygen atoms in total. The molecule has 0 unspecified atom stereocenters. The Hall–Kier alpha value is -2.79. The van der Waals surface area contributed by atoms with Gasteiger partial charge in [0.2, 0.25) is 5.95 Å². The summed E-state index contributed by atoms with van der Waals surface area (Å²) in [4.78, 5) is 7.51. The van der Waals surface area contributed by atoms with E-state index in [9.17, 15) is 17.2 Å². The zero-order valence-corrected chi connectivity index (χ0v) is 17.3. The fraction of sp³-hybridized carbons (Fsp3) is 0.368. The predicted octanol–water partition coefficient (Wildman–Crippen LogP) is 2.18. The van der Waals surface area contributed by atoms with E-state index in [1.165, 1.54) is 30.0 Å². The second kappa shape index (κ2) is 7.17. The van der Waals surface area contributed by atoms with Crippen molar-refractivity contribution in [3.05, 3.63) is 36.3 Å². The Morgan fingerprint density at radius 3 is 2.63 bits per heavy atom. The summed E-state index contributed by atoms with van der Waals surface area (Å²) < 4.78 is 61.2. The van der Waals surface area contributed by atoms with E-state index in [2.05, 4.69) is 15.3 Å². The Kier molecular flexibility index (Phi) is 4.89. The molecule has 0 atom stereocenters. The van der Waals surface area contributed by atoms with E-state index < -0.39 is 32.2 Å². The number of ether oxygens (including phenoxy) is 1. The Bertz CT molecular complexity index is 1240. The number of hydrogen-bond donors (Lipinski definition) is 2. The maximum atomic E-state index is 14.4. The molecule has 3 aromatic heterocycles. The van der Waals surface area contributed by atoms with Gasteiger partial charge in [-0.2, -0.15) is 9.37 Å². The van der Waals surface area contributed by atoms with E-state index in [4.69, 9.17) is 10.5 Å². The Morgan fingerprint density at radius 1 is 1.27 bits per heavy atom. The minimum Gasteiger partial charge on any atom is -0.495 e. The first kappa shape index (κ1) is 20.5. The molecule has 3 N–H and O–H groups in total. The van der Waals surface area contributed by atoms with Crippen LogP contribution in [0.5, 0.6) is 5.75 Å². The smallest absolute Gasteiger partial charge is 0.224 e. The number of nitrogens with one attached hydrogen (secondary N) is 1. The van der Waals surface area contributed by atoms with Gasteiger partial charge in [-0.1, -0.05) is 0 Å². The summed E-state index contributed by atoms with van der Waals surface area (Å²) in [6.07, 6.45) is 3.53. The van der Waals surface area contributed by atoms with E-state index in [1.54, 1.807) is 6.92 Å². The lowest BCUT2D eigenvalue weighted by Gasteiger charge is -2.33. The third-order valence-electron chi connectivity index (χ3n) is 5.63. The lowest BCUT2D eigenvalue weighted by atomic mass is 10.00. The summed E-state index contributed by atoms with van der Waals surface area (Å²) in [5.74, 6) is -2.29. The second-order valence-electron chi connectivity index (χ2n) is 7.47. The Balaban J connectivity index is 1.94. The number of nitrogens with two attached hydrogens (primary N) is 1. The minimum absolute atomic E-state index is 0.0366. The van der Waals surface area contributed by atoms with Gasteiger partial charge in [0, 0.05) is 12.3 Å². The molecule has 4 heterocycles. The molecule has 0 aromatic carbocycles. The molecule has 30 heavy (non-hydrogen) atoms. The molecule has 3 aromatic rings. The van der Waals surface area contributed by atoms with Crippen LogP contribution in [0.25, 0.3) is 16.9 Å². The summed E-state index contributed by atoms with van der Waals surface area (Å²) in [6, 6.07) is 2.37. The third-order valence-corrected chi connectivity index (χ3v) is 8.22. The van der Waals surface area contributed by atoms with Gasteiger partial charge < -0.3 is 15.8 Å². The molecule has 1 saturated heterocycles. The number of nitrogens with zero attached hydrogens (tertiary/aromatic N) is 3. The SMILES string of the molecule is COc1cc2ncc(-c3cc(F)c(N)nc3F)n2cc1S(=O)(=O)C1(C)CCNCC1. The summed E-state index contributed by atoms with van der Waals surface area (Å²) >= 11 is 0. The van der Waals surface area contributed by atoms with Crippen molar-refractivity contribution in [2.75, 3.05) is 25.9 Å². The van der Waals surface area contributed by atoms with Crippen LogP contribution in [0.2, 0.25) is 0 Å². The van der Waals surface area contributed by atoms with Crippen LogP contribution < -0.4 is 15.8 Å². The Morgan fingerprint density at radius 2 is 1.97 bits per heavy atom. The monoisotopic (exact) mass is 437 g/mol. The first-order valence-electron chi connectivity index (χ1n) is 9.30. The molecule has 0 aliphatic carbocycles. The van der Waals surface area contributed by atoms with E-state index in [1.807, 2.05) is 0 Å². The van der Waals surface area contributed by atoms with Crippen LogP contribution in [0.3, 0.4) is 0 Å². The molecular weight excluding hydrogens is 416 g/mol. The van der Waals surface area contributed by atoms with Crippen molar-refractivity contribution >= 4 is 21.3 Å². The van der Waals surface area contributed by atoms with E-state index in [0.29, 0.717) is 31.6 Å². The van der Waals surface area contributed by atoms with Gasteiger partial charge in [0.05, 0.1) is 29.3 Å². The minimum atomic E-state index is -3.81. The van der Waals surface area contributed by atoms with Crippen molar-refractivity contribution < 1.29 is 21.9 Å². The zero-order valence-electron chi connectivity index (χ0n) is 16.4. The number of piperidine rings is 1. The van der Waals surface area contributed by atoms with Crippen LogP contribution in [0, 0.1) is 11.8 Å². The summed E-state index contributed by atoms with van der Waals surface area (Å²) in [5.41, 5.74) is 5.59. The molecule has 0 bridgehead atoms. The molecule has 0 saturated carbocycles. The zero-order chi connectivity index (χ0) is 21.7. The molecular formula is C19H21F2N5O3S.